The van der Waals surface area contributed by atoms with Gasteiger partial charge in [0.05, 0.1) is 0 Å². The van der Waals surface area contributed by atoms with Gasteiger partial charge in [-0.3, -0.25) is 4.79 Å². The molecule has 1 rings (SSSR count). The zero-order valence-electron chi connectivity index (χ0n) is 8.67. The van der Waals surface area contributed by atoms with Gasteiger partial charge in [-0.1, -0.05) is 18.2 Å². The molecule has 0 radical (unpaired) electrons. The number of benzene rings is 1. The predicted molar refractivity (Wildman–Crippen MR) is 55.1 cm³/mol. The third-order valence-corrected chi connectivity index (χ3v) is 2.37. The van der Waals surface area contributed by atoms with Crippen LogP contribution < -0.4 is 0 Å². The molecule has 86 valence electrons. The third-order valence-electron chi connectivity index (χ3n) is 2.37. The number of phenols is 1. The first-order chi connectivity index (χ1) is 7.38. The topological polar surface area (TPSA) is 94.8 Å². The van der Waals surface area contributed by atoms with Crippen LogP contribution >= 0.6 is 0 Å². The molecular formula is C11H12O5. The summed E-state index contributed by atoms with van der Waals surface area (Å²) < 4.78 is 0. The Hall–Kier alpha value is -1.88. The highest BCUT2D eigenvalue weighted by atomic mass is 16.4. The number of aromatic hydroxyl groups is 1. The van der Waals surface area contributed by atoms with E-state index in [-0.39, 0.29) is 11.3 Å². The van der Waals surface area contributed by atoms with E-state index in [1.807, 2.05) is 0 Å². The van der Waals surface area contributed by atoms with Crippen molar-refractivity contribution in [1.29, 1.82) is 0 Å². The van der Waals surface area contributed by atoms with Crippen molar-refractivity contribution >= 4 is 11.8 Å². The number of carboxylic acid groups (broad SMARTS) is 1. The summed E-state index contributed by atoms with van der Waals surface area (Å²) in [6, 6.07) is 5.95. The van der Waals surface area contributed by atoms with Gasteiger partial charge in [0.1, 0.15) is 5.75 Å². The van der Waals surface area contributed by atoms with Crippen LogP contribution in [0.3, 0.4) is 0 Å². The number of ketones is 1. The molecule has 1 aromatic rings. The first-order valence-corrected chi connectivity index (χ1v) is 4.61. The Bertz CT molecular complexity index is 410. The van der Waals surface area contributed by atoms with Crippen molar-refractivity contribution in [1.82, 2.24) is 0 Å². The maximum atomic E-state index is 11.1. The van der Waals surface area contributed by atoms with E-state index in [9.17, 15) is 19.8 Å². The average molecular weight is 224 g/mol. The van der Waals surface area contributed by atoms with E-state index >= 15 is 0 Å². The van der Waals surface area contributed by atoms with Crippen molar-refractivity contribution in [3.63, 3.8) is 0 Å². The van der Waals surface area contributed by atoms with Crippen LogP contribution in [0.4, 0.5) is 0 Å². The van der Waals surface area contributed by atoms with Gasteiger partial charge in [-0.05, 0) is 18.6 Å². The summed E-state index contributed by atoms with van der Waals surface area (Å²) in [5.41, 5.74) is -2.28. The van der Waals surface area contributed by atoms with Crippen LogP contribution in [0.1, 0.15) is 12.5 Å². The first kappa shape index (κ1) is 12.2. The second-order valence-electron chi connectivity index (χ2n) is 3.53. The molecule has 0 aliphatic heterocycles. The molecule has 0 fully saturated rings. The quantitative estimate of drug-likeness (QED) is 0.641. The summed E-state index contributed by atoms with van der Waals surface area (Å²) in [5.74, 6) is -2.64. The summed E-state index contributed by atoms with van der Waals surface area (Å²) >= 11 is 0. The van der Waals surface area contributed by atoms with E-state index in [0.29, 0.717) is 0 Å². The minimum absolute atomic E-state index is 0.150. The highest BCUT2D eigenvalue weighted by Gasteiger charge is 2.41. The van der Waals surface area contributed by atoms with Crippen LogP contribution in [0.2, 0.25) is 0 Å². The lowest BCUT2D eigenvalue weighted by atomic mass is 9.90. The average Bonchev–Trinajstić information content (AvgIpc) is 2.20. The molecule has 5 heteroatoms. The molecule has 0 aliphatic carbocycles. The normalized spacial score (nSPS) is 14.1. The van der Waals surface area contributed by atoms with Crippen molar-refractivity contribution in [2.45, 2.75) is 18.9 Å². The molecule has 0 amide bonds. The Kier molecular flexibility index (Phi) is 3.29. The summed E-state index contributed by atoms with van der Waals surface area (Å²) in [6.45, 7) is 0.994. The molecule has 16 heavy (non-hydrogen) atoms. The van der Waals surface area contributed by atoms with Crippen molar-refractivity contribution < 1.29 is 24.9 Å². The SMILES string of the molecule is CC(=O)C(O)(Cc1ccccc1O)C(=O)O. The van der Waals surface area contributed by atoms with Crippen molar-refractivity contribution in [3.8, 4) is 5.75 Å². The van der Waals surface area contributed by atoms with Gasteiger partial charge in [-0.2, -0.15) is 0 Å². The fourth-order valence-corrected chi connectivity index (χ4v) is 1.29. The molecule has 3 N–H and O–H groups in total. The molecule has 5 nitrogen and oxygen atoms in total. The number of phenolic OH excluding ortho intramolecular Hbond substituents is 1. The van der Waals surface area contributed by atoms with E-state index in [2.05, 4.69) is 0 Å². The molecule has 0 saturated heterocycles. The fraction of sp³-hybridized carbons (Fsp3) is 0.273. The first-order valence-electron chi connectivity index (χ1n) is 4.61. The number of aliphatic carboxylic acids is 1. The Morgan fingerprint density at radius 2 is 1.88 bits per heavy atom. The molecule has 1 aromatic carbocycles. The number of Topliss-reactive ketones (excluding diaryl/α,β-unsaturated/α-hetero) is 1. The highest BCUT2D eigenvalue weighted by Crippen LogP contribution is 2.22. The van der Waals surface area contributed by atoms with Crippen LogP contribution in [0, 0.1) is 0 Å². The van der Waals surface area contributed by atoms with E-state index in [1.165, 1.54) is 12.1 Å². The lowest BCUT2D eigenvalue weighted by molar-refractivity contribution is -0.164. The highest BCUT2D eigenvalue weighted by molar-refractivity contribution is 6.05. The number of carbonyl (C=O) groups excluding carboxylic acids is 1. The number of hydrogen-bond acceptors (Lipinski definition) is 4. The van der Waals surface area contributed by atoms with Gasteiger partial charge in [0.25, 0.3) is 0 Å². The zero-order valence-corrected chi connectivity index (χ0v) is 8.67. The van der Waals surface area contributed by atoms with Gasteiger partial charge >= 0.3 is 5.97 Å². The largest absolute Gasteiger partial charge is 0.508 e. The van der Waals surface area contributed by atoms with Crippen molar-refractivity contribution in [2.24, 2.45) is 0 Å². The number of aliphatic hydroxyl groups is 1. The Morgan fingerprint density at radius 3 is 2.31 bits per heavy atom. The molecule has 0 spiro atoms. The second kappa shape index (κ2) is 4.32. The molecule has 1 atom stereocenters. The second-order valence-corrected chi connectivity index (χ2v) is 3.53. The molecule has 0 aliphatic rings. The van der Waals surface area contributed by atoms with Crippen LogP contribution in [0.25, 0.3) is 0 Å². The number of rotatable bonds is 4. The third kappa shape index (κ3) is 2.20. The summed E-state index contributed by atoms with van der Waals surface area (Å²) in [7, 11) is 0. The van der Waals surface area contributed by atoms with Gasteiger partial charge in [-0.15, -0.1) is 0 Å². The predicted octanol–water partition coefficient (Wildman–Crippen LogP) is 0.339. The maximum absolute atomic E-state index is 11.1. The number of carboxylic acids is 1. The lowest BCUT2D eigenvalue weighted by Crippen LogP contribution is -2.47. The summed E-state index contributed by atoms with van der Waals surface area (Å²) in [4.78, 5) is 21.9. The zero-order chi connectivity index (χ0) is 12.3. The fourth-order valence-electron chi connectivity index (χ4n) is 1.29. The smallest absolute Gasteiger partial charge is 0.343 e. The van der Waals surface area contributed by atoms with Gasteiger partial charge in [0, 0.05) is 6.42 Å². The Labute approximate surface area is 92.0 Å². The van der Waals surface area contributed by atoms with Gasteiger partial charge in [0.2, 0.25) is 5.60 Å². The number of para-hydroxylation sites is 1. The van der Waals surface area contributed by atoms with Crippen LogP contribution in [0.15, 0.2) is 24.3 Å². The summed E-state index contributed by atoms with van der Waals surface area (Å²) in [5, 5.41) is 27.9. The molecule has 0 bridgehead atoms. The number of carbonyl (C=O) groups is 2. The van der Waals surface area contributed by atoms with Crippen LogP contribution in [-0.2, 0) is 16.0 Å². The minimum Gasteiger partial charge on any atom is -0.508 e. The monoisotopic (exact) mass is 224 g/mol. The van der Waals surface area contributed by atoms with E-state index in [1.54, 1.807) is 12.1 Å². The van der Waals surface area contributed by atoms with Crippen LogP contribution in [0.5, 0.6) is 5.75 Å². The van der Waals surface area contributed by atoms with Gasteiger partial charge in [-0.25, -0.2) is 4.79 Å². The molecule has 0 aromatic heterocycles. The minimum atomic E-state index is -2.49. The maximum Gasteiger partial charge on any atom is 0.343 e. The summed E-state index contributed by atoms with van der Waals surface area (Å²) in [6.07, 6.45) is -0.454. The Morgan fingerprint density at radius 1 is 1.31 bits per heavy atom. The standard InChI is InChI=1S/C11H12O5/c1-7(12)11(16,10(14)15)6-8-4-2-3-5-9(8)13/h2-5,13,16H,6H2,1H3,(H,14,15). The lowest BCUT2D eigenvalue weighted by Gasteiger charge is -2.20. The van der Waals surface area contributed by atoms with Gasteiger partial charge < -0.3 is 15.3 Å². The molecular weight excluding hydrogens is 212 g/mol. The number of hydrogen-bond donors (Lipinski definition) is 3. The van der Waals surface area contributed by atoms with E-state index in [0.717, 1.165) is 6.92 Å². The molecule has 1 unspecified atom stereocenters. The van der Waals surface area contributed by atoms with E-state index < -0.39 is 23.8 Å². The van der Waals surface area contributed by atoms with Crippen molar-refractivity contribution in [2.75, 3.05) is 0 Å². The Balaban J connectivity index is 3.07. The van der Waals surface area contributed by atoms with E-state index in [4.69, 9.17) is 5.11 Å². The molecule has 0 heterocycles. The van der Waals surface area contributed by atoms with Crippen molar-refractivity contribution in [3.05, 3.63) is 29.8 Å². The van der Waals surface area contributed by atoms with Crippen LogP contribution in [-0.4, -0.2) is 32.7 Å². The van der Waals surface area contributed by atoms with Gasteiger partial charge in [0.15, 0.2) is 5.78 Å². The molecule has 0 saturated carbocycles.